The highest BCUT2D eigenvalue weighted by atomic mass is 32.2. The standard InChI is InChI=1S/C23H30N2O3S/c1-18(2)13-14-24-23(26)21-8-6-7-20(17-21)19-9-11-22(12-10-19)29(27,28)25-15-4-3-5-16-25/h6-12,17-18H,3-5,13-16H2,1-2H3,(H,24,26). The molecule has 0 aliphatic carbocycles. The molecule has 2 aromatic rings. The molecule has 0 saturated carbocycles. The van der Waals surface area contributed by atoms with Crippen LogP contribution in [0.1, 0.15) is 49.9 Å². The summed E-state index contributed by atoms with van der Waals surface area (Å²) >= 11 is 0. The molecule has 0 bridgehead atoms. The Morgan fingerprint density at radius 3 is 2.34 bits per heavy atom. The fourth-order valence-corrected chi connectivity index (χ4v) is 5.01. The van der Waals surface area contributed by atoms with E-state index in [1.807, 2.05) is 30.3 Å². The first-order chi connectivity index (χ1) is 13.9. The van der Waals surface area contributed by atoms with Crippen molar-refractivity contribution in [2.45, 2.75) is 44.4 Å². The summed E-state index contributed by atoms with van der Waals surface area (Å²) in [4.78, 5) is 12.7. The summed E-state index contributed by atoms with van der Waals surface area (Å²) in [5.41, 5.74) is 2.39. The maximum atomic E-state index is 12.8. The van der Waals surface area contributed by atoms with Crippen LogP contribution in [0.15, 0.2) is 53.4 Å². The molecule has 1 saturated heterocycles. The third kappa shape index (κ3) is 5.46. The average molecular weight is 415 g/mol. The van der Waals surface area contributed by atoms with E-state index in [1.54, 1.807) is 22.5 Å². The van der Waals surface area contributed by atoms with Crippen molar-refractivity contribution >= 4 is 15.9 Å². The summed E-state index contributed by atoms with van der Waals surface area (Å²) < 4.78 is 27.2. The summed E-state index contributed by atoms with van der Waals surface area (Å²) in [6.45, 7) is 6.10. The molecular weight excluding hydrogens is 384 g/mol. The van der Waals surface area contributed by atoms with E-state index in [2.05, 4.69) is 19.2 Å². The van der Waals surface area contributed by atoms with E-state index in [1.165, 1.54) is 0 Å². The predicted octanol–water partition coefficient (Wildman–Crippen LogP) is 4.30. The molecule has 1 heterocycles. The van der Waals surface area contributed by atoms with Gasteiger partial charge in [0.25, 0.3) is 5.91 Å². The molecule has 156 valence electrons. The van der Waals surface area contributed by atoms with E-state index in [0.717, 1.165) is 36.8 Å². The maximum Gasteiger partial charge on any atom is 0.251 e. The van der Waals surface area contributed by atoms with Crippen molar-refractivity contribution in [2.24, 2.45) is 5.92 Å². The van der Waals surface area contributed by atoms with Gasteiger partial charge in [0.15, 0.2) is 0 Å². The van der Waals surface area contributed by atoms with Gasteiger partial charge in [0.05, 0.1) is 4.90 Å². The first kappa shape index (κ1) is 21.5. The van der Waals surface area contributed by atoms with Crippen molar-refractivity contribution in [2.75, 3.05) is 19.6 Å². The van der Waals surface area contributed by atoms with E-state index in [4.69, 9.17) is 0 Å². The van der Waals surface area contributed by atoms with Crippen LogP contribution in [0.4, 0.5) is 0 Å². The Morgan fingerprint density at radius 1 is 1.00 bits per heavy atom. The third-order valence-electron chi connectivity index (χ3n) is 5.27. The third-order valence-corrected chi connectivity index (χ3v) is 7.19. The van der Waals surface area contributed by atoms with Crippen LogP contribution >= 0.6 is 0 Å². The van der Waals surface area contributed by atoms with Gasteiger partial charge in [-0.25, -0.2) is 8.42 Å². The second-order valence-electron chi connectivity index (χ2n) is 8.01. The molecule has 3 rings (SSSR count). The second kappa shape index (κ2) is 9.55. The number of rotatable bonds is 7. The largest absolute Gasteiger partial charge is 0.352 e. The maximum absolute atomic E-state index is 12.8. The Labute approximate surface area is 174 Å². The van der Waals surface area contributed by atoms with E-state index in [-0.39, 0.29) is 5.91 Å². The van der Waals surface area contributed by atoms with E-state index in [0.29, 0.717) is 36.0 Å². The molecule has 0 radical (unpaired) electrons. The van der Waals surface area contributed by atoms with Gasteiger partial charge in [-0.3, -0.25) is 4.79 Å². The lowest BCUT2D eigenvalue weighted by atomic mass is 10.0. The minimum atomic E-state index is -3.43. The summed E-state index contributed by atoms with van der Waals surface area (Å²) in [6.07, 6.45) is 3.87. The Bertz CT molecular complexity index is 931. The van der Waals surface area contributed by atoms with Crippen LogP contribution in [0.25, 0.3) is 11.1 Å². The Kier molecular flexibility index (Phi) is 7.09. The highest BCUT2D eigenvalue weighted by Gasteiger charge is 2.25. The lowest BCUT2D eigenvalue weighted by Crippen LogP contribution is -2.35. The lowest BCUT2D eigenvalue weighted by molar-refractivity contribution is 0.0952. The van der Waals surface area contributed by atoms with Crippen molar-refractivity contribution in [3.63, 3.8) is 0 Å². The van der Waals surface area contributed by atoms with Crippen LogP contribution in [-0.4, -0.2) is 38.3 Å². The summed E-state index contributed by atoms with van der Waals surface area (Å²) in [5.74, 6) is 0.457. The van der Waals surface area contributed by atoms with Gasteiger partial charge in [0.1, 0.15) is 0 Å². The molecule has 0 atom stereocenters. The molecule has 1 N–H and O–H groups in total. The number of hydrogen-bond donors (Lipinski definition) is 1. The zero-order valence-electron chi connectivity index (χ0n) is 17.2. The lowest BCUT2D eigenvalue weighted by Gasteiger charge is -2.25. The van der Waals surface area contributed by atoms with E-state index in [9.17, 15) is 13.2 Å². The molecule has 0 aromatic heterocycles. The summed E-state index contributed by atoms with van der Waals surface area (Å²) in [5, 5.41) is 2.95. The van der Waals surface area contributed by atoms with Gasteiger partial charge in [-0.15, -0.1) is 0 Å². The van der Waals surface area contributed by atoms with Gasteiger partial charge in [-0.05, 0) is 60.6 Å². The number of nitrogens with zero attached hydrogens (tertiary/aromatic N) is 1. The second-order valence-corrected chi connectivity index (χ2v) is 9.95. The number of sulfonamides is 1. The van der Waals surface area contributed by atoms with Crippen LogP contribution in [0.5, 0.6) is 0 Å². The molecule has 1 aliphatic rings. The molecule has 0 unspecified atom stereocenters. The molecule has 2 aromatic carbocycles. The van der Waals surface area contributed by atoms with Crippen LogP contribution < -0.4 is 5.32 Å². The highest BCUT2D eigenvalue weighted by molar-refractivity contribution is 7.89. The molecule has 1 amide bonds. The Morgan fingerprint density at radius 2 is 1.69 bits per heavy atom. The number of piperidine rings is 1. The normalized spacial score (nSPS) is 15.4. The number of nitrogens with one attached hydrogen (secondary N) is 1. The number of hydrogen-bond acceptors (Lipinski definition) is 3. The van der Waals surface area contributed by atoms with Gasteiger partial charge < -0.3 is 5.32 Å². The van der Waals surface area contributed by atoms with Crippen LogP contribution in [-0.2, 0) is 10.0 Å². The number of amides is 1. The molecule has 29 heavy (non-hydrogen) atoms. The monoisotopic (exact) mass is 414 g/mol. The molecule has 1 aliphatic heterocycles. The topological polar surface area (TPSA) is 66.5 Å². The summed E-state index contributed by atoms with van der Waals surface area (Å²) in [6, 6.07) is 14.4. The van der Waals surface area contributed by atoms with Crippen LogP contribution in [0.2, 0.25) is 0 Å². The van der Waals surface area contributed by atoms with Crippen molar-refractivity contribution < 1.29 is 13.2 Å². The fourth-order valence-electron chi connectivity index (χ4n) is 3.49. The van der Waals surface area contributed by atoms with Crippen molar-refractivity contribution in [1.29, 1.82) is 0 Å². The van der Waals surface area contributed by atoms with Crippen LogP contribution in [0.3, 0.4) is 0 Å². The van der Waals surface area contributed by atoms with Gasteiger partial charge in [0, 0.05) is 25.2 Å². The zero-order chi connectivity index (χ0) is 20.9. The molecule has 6 heteroatoms. The first-order valence-electron chi connectivity index (χ1n) is 10.4. The minimum Gasteiger partial charge on any atom is -0.352 e. The number of benzene rings is 2. The first-order valence-corrected chi connectivity index (χ1v) is 11.8. The Balaban J connectivity index is 1.74. The molecule has 1 fully saturated rings. The van der Waals surface area contributed by atoms with Crippen LogP contribution in [0, 0.1) is 5.92 Å². The van der Waals surface area contributed by atoms with E-state index >= 15 is 0 Å². The zero-order valence-corrected chi connectivity index (χ0v) is 18.0. The SMILES string of the molecule is CC(C)CCNC(=O)c1cccc(-c2ccc(S(=O)(=O)N3CCCCC3)cc2)c1. The smallest absolute Gasteiger partial charge is 0.251 e. The molecule has 5 nitrogen and oxygen atoms in total. The number of carbonyl (C=O) groups excluding carboxylic acids is 1. The highest BCUT2D eigenvalue weighted by Crippen LogP contribution is 2.25. The number of carbonyl (C=O) groups is 1. The average Bonchev–Trinajstić information content (AvgIpc) is 2.74. The fraction of sp³-hybridized carbons (Fsp3) is 0.435. The van der Waals surface area contributed by atoms with Gasteiger partial charge >= 0.3 is 0 Å². The van der Waals surface area contributed by atoms with Gasteiger partial charge in [-0.2, -0.15) is 4.31 Å². The predicted molar refractivity (Wildman–Crippen MR) is 116 cm³/mol. The Hall–Kier alpha value is -2.18. The van der Waals surface area contributed by atoms with Gasteiger partial charge in [-0.1, -0.05) is 44.5 Å². The van der Waals surface area contributed by atoms with Crippen molar-refractivity contribution in [3.8, 4) is 11.1 Å². The van der Waals surface area contributed by atoms with Crippen molar-refractivity contribution in [1.82, 2.24) is 9.62 Å². The quantitative estimate of drug-likeness (QED) is 0.734. The minimum absolute atomic E-state index is 0.0863. The van der Waals surface area contributed by atoms with Crippen molar-refractivity contribution in [3.05, 3.63) is 54.1 Å². The van der Waals surface area contributed by atoms with E-state index < -0.39 is 10.0 Å². The molecule has 0 spiro atoms. The molecular formula is C23H30N2O3S. The summed E-state index contributed by atoms with van der Waals surface area (Å²) in [7, 11) is -3.43. The van der Waals surface area contributed by atoms with Gasteiger partial charge in [0.2, 0.25) is 10.0 Å².